The van der Waals surface area contributed by atoms with Crippen molar-refractivity contribution in [2.24, 2.45) is 7.05 Å². The number of aryl methyl sites for hydroxylation is 2. The van der Waals surface area contributed by atoms with Crippen molar-refractivity contribution in [3.8, 4) is 5.82 Å². The molecule has 11 heteroatoms. The fraction of sp³-hybridized carbons (Fsp3) is 0.346. The summed E-state index contributed by atoms with van der Waals surface area (Å²) >= 11 is 0. The van der Waals surface area contributed by atoms with Gasteiger partial charge in [-0.1, -0.05) is 6.07 Å². The molecule has 186 valence electrons. The molecule has 0 bridgehead atoms. The quantitative estimate of drug-likeness (QED) is 0.375. The topological polar surface area (TPSA) is 111 Å². The molecule has 0 atom stereocenters. The molecule has 1 aliphatic carbocycles. The fourth-order valence-corrected chi connectivity index (χ4v) is 5.20. The molecule has 5 aromatic rings. The van der Waals surface area contributed by atoms with E-state index in [9.17, 15) is 4.79 Å². The second-order valence-corrected chi connectivity index (χ2v) is 9.73. The van der Waals surface area contributed by atoms with E-state index in [1.807, 2.05) is 43.1 Å². The van der Waals surface area contributed by atoms with Crippen molar-refractivity contribution < 1.29 is 4.79 Å². The lowest BCUT2D eigenvalue weighted by Gasteiger charge is -2.35. The summed E-state index contributed by atoms with van der Waals surface area (Å²) in [6, 6.07) is 7.71. The average Bonchev–Trinajstić information content (AvgIpc) is 3.65. The van der Waals surface area contributed by atoms with Crippen LogP contribution in [0.2, 0.25) is 0 Å². The molecule has 11 nitrogen and oxygen atoms in total. The highest BCUT2D eigenvalue weighted by Gasteiger charge is 2.31. The summed E-state index contributed by atoms with van der Waals surface area (Å²) in [6.45, 7) is 4.50. The van der Waals surface area contributed by atoms with Gasteiger partial charge < -0.3 is 9.80 Å². The van der Waals surface area contributed by atoms with Gasteiger partial charge in [0.15, 0.2) is 17.1 Å². The first-order valence-electron chi connectivity index (χ1n) is 12.6. The van der Waals surface area contributed by atoms with Crippen molar-refractivity contribution in [1.29, 1.82) is 0 Å². The second kappa shape index (κ2) is 8.32. The number of nitrogens with zero attached hydrogens (tertiary/aromatic N) is 10. The number of carbonyl (C=O) groups excluding carboxylic acids is 1. The first-order valence-corrected chi connectivity index (χ1v) is 12.6. The van der Waals surface area contributed by atoms with Crippen LogP contribution in [0, 0.1) is 6.92 Å². The molecular formula is C26H26N10O. The largest absolute Gasteiger partial charge is 0.352 e. The maximum Gasteiger partial charge on any atom is 0.254 e. The molecular weight excluding hydrogens is 468 g/mol. The number of amides is 1. The van der Waals surface area contributed by atoms with Crippen LogP contribution in [0.4, 0.5) is 5.82 Å². The summed E-state index contributed by atoms with van der Waals surface area (Å²) in [4.78, 5) is 36.4. The molecule has 1 aliphatic heterocycles. The van der Waals surface area contributed by atoms with Gasteiger partial charge in [-0.15, -0.1) is 0 Å². The van der Waals surface area contributed by atoms with E-state index >= 15 is 0 Å². The molecule has 2 aliphatic rings. The predicted molar refractivity (Wildman–Crippen MR) is 138 cm³/mol. The lowest BCUT2D eigenvalue weighted by atomic mass is 10.1. The molecule has 7 rings (SSSR count). The van der Waals surface area contributed by atoms with E-state index < -0.39 is 0 Å². The Morgan fingerprint density at radius 2 is 1.86 bits per heavy atom. The van der Waals surface area contributed by atoms with E-state index in [0.717, 1.165) is 46.5 Å². The highest BCUT2D eigenvalue weighted by atomic mass is 16.2. The minimum atomic E-state index is 0.0202. The van der Waals surface area contributed by atoms with Crippen molar-refractivity contribution in [2.45, 2.75) is 25.7 Å². The molecule has 0 aromatic carbocycles. The van der Waals surface area contributed by atoms with E-state index in [4.69, 9.17) is 10.1 Å². The third kappa shape index (κ3) is 3.61. The van der Waals surface area contributed by atoms with Gasteiger partial charge in [-0.25, -0.2) is 19.9 Å². The third-order valence-corrected chi connectivity index (χ3v) is 7.30. The SMILES string of the molecule is Cc1nn(-c2ccccn2)c2nc(C3CC3)cc(C(=O)N3CCN(c4ncnc5c4cnn5C)CC3)c12. The first-order chi connectivity index (χ1) is 18.1. The number of pyridine rings is 2. The Bertz CT molecular complexity index is 1640. The Morgan fingerprint density at radius 3 is 2.62 bits per heavy atom. The average molecular weight is 495 g/mol. The van der Waals surface area contributed by atoms with Crippen molar-refractivity contribution >= 4 is 33.8 Å². The van der Waals surface area contributed by atoms with Gasteiger partial charge in [0, 0.05) is 51.0 Å². The van der Waals surface area contributed by atoms with Crippen molar-refractivity contribution in [3.63, 3.8) is 0 Å². The molecule has 0 unspecified atom stereocenters. The lowest BCUT2D eigenvalue weighted by Crippen LogP contribution is -2.49. The number of hydrogen-bond acceptors (Lipinski definition) is 8. The summed E-state index contributed by atoms with van der Waals surface area (Å²) < 4.78 is 3.51. The summed E-state index contributed by atoms with van der Waals surface area (Å²) in [5.41, 5.74) is 3.92. The summed E-state index contributed by atoms with van der Waals surface area (Å²) in [7, 11) is 1.87. The van der Waals surface area contributed by atoms with E-state index in [1.165, 1.54) is 0 Å². The molecule has 1 amide bonds. The molecule has 0 spiro atoms. The third-order valence-electron chi connectivity index (χ3n) is 7.30. The van der Waals surface area contributed by atoms with Crippen LogP contribution in [0.3, 0.4) is 0 Å². The van der Waals surface area contributed by atoms with Gasteiger partial charge in [0.05, 0.1) is 28.2 Å². The van der Waals surface area contributed by atoms with Crippen molar-refractivity contribution in [3.05, 3.63) is 59.9 Å². The summed E-state index contributed by atoms with van der Waals surface area (Å²) in [5, 5.41) is 10.8. The van der Waals surface area contributed by atoms with E-state index in [2.05, 4.69) is 25.0 Å². The Morgan fingerprint density at radius 1 is 1.03 bits per heavy atom. The van der Waals surface area contributed by atoms with Gasteiger partial charge in [0.25, 0.3) is 5.91 Å². The van der Waals surface area contributed by atoms with Crippen LogP contribution < -0.4 is 4.90 Å². The number of hydrogen-bond donors (Lipinski definition) is 0. The van der Waals surface area contributed by atoms with Gasteiger partial charge in [-0.2, -0.15) is 14.9 Å². The zero-order valence-electron chi connectivity index (χ0n) is 20.7. The summed E-state index contributed by atoms with van der Waals surface area (Å²) in [6.07, 6.45) is 7.32. The zero-order chi connectivity index (χ0) is 25.1. The molecule has 1 saturated heterocycles. The predicted octanol–water partition coefficient (Wildman–Crippen LogP) is 2.64. The van der Waals surface area contributed by atoms with Crippen LogP contribution in [0.15, 0.2) is 43.0 Å². The van der Waals surface area contributed by atoms with Crippen LogP contribution >= 0.6 is 0 Å². The molecule has 0 radical (unpaired) electrons. The minimum Gasteiger partial charge on any atom is -0.352 e. The molecule has 37 heavy (non-hydrogen) atoms. The van der Waals surface area contributed by atoms with Gasteiger partial charge in [0.2, 0.25) is 0 Å². The number of fused-ring (bicyclic) bond motifs is 2. The van der Waals surface area contributed by atoms with Crippen LogP contribution in [-0.2, 0) is 7.05 Å². The number of piperazine rings is 1. The summed E-state index contributed by atoms with van der Waals surface area (Å²) in [5.74, 6) is 1.98. The van der Waals surface area contributed by atoms with Gasteiger partial charge >= 0.3 is 0 Å². The maximum absolute atomic E-state index is 14.0. The number of anilines is 1. The minimum absolute atomic E-state index is 0.0202. The Balaban J connectivity index is 1.22. The van der Waals surface area contributed by atoms with E-state index in [0.29, 0.717) is 49.1 Å². The van der Waals surface area contributed by atoms with Crippen molar-refractivity contribution in [1.82, 2.24) is 44.4 Å². The van der Waals surface area contributed by atoms with E-state index in [-0.39, 0.29) is 5.91 Å². The highest BCUT2D eigenvalue weighted by Crippen LogP contribution is 2.41. The standard InChI is InChI=1S/C26H26N10O/c1-16-22-18(13-20(17-6-7-17)31-25(22)36(32-16)21-5-3-4-8-27-21)26(37)35-11-9-34(10-12-35)24-19-14-30-33(2)23(19)28-15-29-24/h3-5,8,13-15,17H,6-7,9-12H2,1-2H3. The van der Waals surface area contributed by atoms with Crippen LogP contribution in [-0.4, -0.2) is 76.5 Å². The Kier molecular flexibility index (Phi) is 4.91. The number of aromatic nitrogens is 8. The second-order valence-electron chi connectivity index (χ2n) is 9.73. The number of carbonyl (C=O) groups is 1. The first kappa shape index (κ1) is 21.8. The maximum atomic E-state index is 14.0. The molecule has 2 fully saturated rings. The fourth-order valence-electron chi connectivity index (χ4n) is 5.20. The molecule has 0 N–H and O–H groups in total. The molecule has 6 heterocycles. The zero-order valence-corrected chi connectivity index (χ0v) is 20.7. The Labute approximate surface area is 212 Å². The monoisotopic (exact) mass is 494 g/mol. The van der Waals surface area contributed by atoms with E-state index in [1.54, 1.807) is 28.1 Å². The smallest absolute Gasteiger partial charge is 0.254 e. The highest BCUT2D eigenvalue weighted by molar-refractivity contribution is 6.07. The number of rotatable bonds is 4. The normalized spacial score (nSPS) is 16.2. The van der Waals surface area contributed by atoms with Crippen molar-refractivity contribution in [2.75, 3.05) is 31.1 Å². The van der Waals surface area contributed by atoms with Gasteiger partial charge in [-0.05, 0) is 38.0 Å². The lowest BCUT2D eigenvalue weighted by molar-refractivity contribution is 0.0748. The van der Waals surface area contributed by atoms with Gasteiger partial charge in [0.1, 0.15) is 12.1 Å². The molecule has 5 aromatic heterocycles. The Hall–Kier alpha value is -4.41. The van der Waals surface area contributed by atoms with Gasteiger partial charge in [-0.3, -0.25) is 9.48 Å². The van der Waals surface area contributed by atoms with Crippen LogP contribution in [0.25, 0.3) is 27.9 Å². The van der Waals surface area contributed by atoms with Crippen LogP contribution in [0.1, 0.15) is 40.5 Å². The molecule has 1 saturated carbocycles. The van der Waals surface area contributed by atoms with Crippen LogP contribution in [0.5, 0.6) is 0 Å².